The smallest absolute Gasteiger partial charge is 0.407 e. The highest BCUT2D eigenvalue weighted by Crippen LogP contribution is 2.08. The molecular formula is C20H33N7O2. The van der Waals surface area contributed by atoms with Gasteiger partial charge in [0.25, 0.3) is 0 Å². The van der Waals surface area contributed by atoms with Crippen LogP contribution >= 0.6 is 0 Å². The minimum Gasteiger partial charge on any atom is -0.444 e. The monoisotopic (exact) mass is 403 g/mol. The highest BCUT2D eigenvalue weighted by atomic mass is 16.6. The van der Waals surface area contributed by atoms with Crippen LogP contribution in [0.2, 0.25) is 0 Å². The summed E-state index contributed by atoms with van der Waals surface area (Å²) in [7, 11) is 0. The number of nitrogens with one attached hydrogen (secondary N) is 3. The summed E-state index contributed by atoms with van der Waals surface area (Å²) in [6.45, 7) is 11.3. The Hall–Kier alpha value is -2.84. The number of hydrogen-bond acceptors (Lipinski definition) is 5. The number of hydrogen-bond donors (Lipinski definition) is 3. The van der Waals surface area contributed by atoms with Gasteiger partial charge in [0.05, 0.1) is 0 Å². The molecule has 0 radical (unpaired) electrons. The Bertz CT molecular complexity index is 811. The van der Waals surface area contributed by atoms with Crippen LogP contribution in [0.25, 0.3) is 5.65 Å². The third-order valence-electron chi connectivity index (χ3n) is 3.98. The van der Waals surface area contributed by atoms with Crippen LogP contribution in [0.1, 0.15) is 53.3 Å². The number of amides is 1. The molecule has 0 aliphatic heterocycles. The Morgan fingerprint density at radius 3 is 2.72 bits per heavy atom. The van der Waals surface area contributed by atoms with E-state index in [1.165, 1.54) is 0 Å². The molecule has 2 heterocycles. The Kier molecular flexibility index (Phi) is 8.23. The number of pyridine rings is 1. The first-order valence-electron chi connectivity index (χ1n) is 10.1. The van der Waals surface area contributed by atoms with E-state index < -0.39 is 11.7 Å². The van der Waals surface area contributed by atoms with Gasteiger partial charge in [0, 0.05) is 25.3 Å². The number of guanidine groups is 1. The van der Waals surface area contributed by atoms with Crippen molar-refractivity contribution in [2.75, 3.05) is 13.1 Å². The molecule has 0 saturated carbocycles. The van der Waals surface area contributed by atoms with E-state index in [2.05, 4.69) is 38.1 Å². The molecule has 1 unspecified atom stereocenters. The van der Waals surface area contributed by atoms with E-state index in [1.54, 1.807) is 0 Å². The average molecular weight is 404 g/mol. The molecule has 0 aliphatic carbocycles. The van der Waals surface area contributed by atoms with Crippen molar-refractivity contribution in [3.8, 4) is 0 Å². The molecule has 1 amide bonds. The van der Waals surface area contributed by atoms with E-state index in [4.69, 9.17) is 4.74 Å². The van der Waals surface area contributed by atoms with Crippen molar-refractivity contribution in [1.82, 2.24) is 30.5 Å². The third kappa shape index (κ3) is 7.59. The molecule has 2 aromatic heterocycles. The van der Waals surface area contributed by atoms with Gasteiger partial charge >= 0.3 is 6.09 Å². The van der Waals surface area contributed by atoms with Gasteiger partial charge in [0.15, 0.2) is 17.4 Å². The van der Waals surface area contributed by atoms with Crippen LogP contribution in [0, 0.1) is 0 Å². The van der Waals surface area contributed by atoms with E-state index >= 15 is 0 Å². The highest BCUT2D eigenvalue weighted by molar-refractivity contribution is 5.79. The molecule has 0 aliphatic rings. The van der Waals surface area contributed by atoms with Gasteiger partial charge in [0.1, 0.15) is 12.1 Å². The van der Waals surface area contributed by atoms with E-state index in [0.717, 1.165) is 30.9 Å². The van der Waals surface area contributed by atoms with Gasteiger partial charge in [-0.2, -0.15) is 0 Å². The number of nitrogens with zero attached hydrogens (tertiary/aromatic N) is 4. The van der Waals surface area contributed by atoms with E-state index in [1.807, 2.05) is 56.5 Å². The number of aliphatic imine (C=N–C) groups is 1. The lowest BCUT2D eigenvalue weighted by atomic mass is 10.1. The number of fused-ring (bicyclic) bond motifs is 1. The largest absolute Gasteiger partial charge is 0.444 e. The van der Waals surface area contributed by atoms with Gasteiger partial charge in [-0.1, -0.05) is 19.4 Å². The summed E-state index contributed by atoms with van der Waals surface area (Å²) in [5, 5.41) is 17.8. The minimum absolute atomic E-state index is 0.0624. The maximum absolute atomic E-state index is 12.1. The zero-order chi connectivity index (χ0) is 21.3. The average Bonchev–Trinajstić information content (AvgIpc) is 3.05. The molecule has 9 heteroatoms. The van der Waals surface area contributed by atoms with Gasteiger partial charge in [0.2, 0.25) is 0 Å². The molecular weight excluding hydrogens is 370 g/mol. The molecule has 1 atom stereocenters. The SMILES string of the molecule is CCCC(CNC(=NCc1nnc2ccccn12)NCC)NC(=O)OC(C)(C)C. The lowest BCUT2D eigenvalue weighted by molar-refractivity contribution is 0.0502. The zero-order valence-electron chi connectivity index (χ0n) is 18.0. The Balaban J connectivity index is 1.98. The predicted molar refractivity (Wildman–Crippen MR) is 114 cm³/mol. The summed E-state index contributed by atoms with van der Waals surface area (Å²) in [5.41, 5.74) is 0.270. The van der Waals surface area contributed by atoms with Crippen LogP contribution in [0.4, 0.5) is 4.79 Å². The van der Waals surface area contributed by atoms with Crippen molar-refractivity contribution in [2.45, 2.75) is 65.6 Å². The van der Waals surface area contributed by atoms with Crippen LogP contribution in [-0.2, 0) is 11.3 Å². The fourth-order valence-corrected chi connectivity index (χ4v) is 2.76. The fraction of sp³-hybridized carbons (Fsp3) is 0.600. The number of alkyl carbamates (subject to hydrolysis) is 1. The third-order valence-corrected chi connectivity index (χ3v) is 3.98. The number of ether oxygens (including phenoxy) is 1. The first kappa shape index (κ1) is 22.4. The van der Waals surface area contributed by atoms with Gasteiger partial charge in [-0.15, -0.1) is 10.2 Å². The molecule has 2 rings (SSSR count). The molecule has 0 spiro atoms. The van der Waals surface area contributed by atoms with Gasteiger partial charge in [-0.25, -0.2) is 9.79 Å². The summed E-state index contributed by atoms with van der Waals surface area (Å²) in [6.07, 6.45) is 3.29. The van der Waals surface area contributed by atoms with Crippen molar-refractivity contribution in [1.29, 1.82) is 0 Å². The zero-order valence-corrected chi connectivity index (χ0v) is 18.0. The molecule has 2 aromatic rings. The molecule has 0 fully saturated rings. The van der Waals surface area contributed by atoms with Gasteiger partial charge < -0.3 is 20.7 Å². The van der Waals surface area contributed by atoms with Crippen molar-refractivity contribution < 1.29 is 9.53 Å². The number of rotatable bonds is 8. The predicted octanol–water partition coefficient (Wildman–Crippen LogP) is 2.48. The van der Waals surface area contributed by atoms with Crippen molar-refractivity contribution in [2.24, 2.45) is 4.99 Å². The Morgan fingerprint density at radius 2 is 2.03 bits per heavy atom. The molecule has 9 nitrogen and oxygen atoms in total. The first-order chi connectivity index (χ1) is 13.8. The summed E-state index contributed by atoms with van der Waals surface area (Å²) < 4.78 is 7.28. The van der Waals surface area contributed by atoms with Crippen LogP contribution in [0.15, 0.2) is 29.4 Å². The second-order valence-electron chi connectivity index (χ2n) is 7.75. The van der Waals surface area contributed by atoms with Crippen LogP contribution in [-0.4, -0.2) is 51.4 Å². The second kappa shape index (κ2) is 10.6. The molecule has 29 heavy (non-hydrogen) atoms. The standard InChI is InChI=1S/C20H33N7O2/c1-6-10-15(24-19(28)29-20(3,4)5)13-22-18(21-7-2)23-14-17-26-25-16-11-8-9-12-27(16)17/h8-9,11-12,15H,6-7,10,13-14H2,1-5H3,(H,24,28)(H2,21,22,23). The first-order valence-corrected chi connectivity index (χ1v) is 10.1. The summed E-state index contributed by atoms with van der Waals surface area (Å²) in [5.74, 6) is 1.42. The molecule has 3 N–H and O–H groups in total. The topological polar surface area (TPSA) is 105 Å². The van der Waals surface area contributed by atoms with E-state index in [9.17, 15) is 4.79 Å². The lowest BCUT2D eigenvalue weighted by Crippen LogP contribution is -2.48. The van der Waals surface area contributed by atoms with Crippen molar-refractivity contribution >= 4 is 17.7 Å². The fourth-order valence-electron chi connectivity index (χ4n) is 2.76. The minimum atomic E-state index is -0.522. The summed E-state index contributed by atoms with van der Waals surface area (Å²) >= 11 is 0. The molecule has 0 bridgehead atoms. The highest BCUT2D eigenvalue weighted by Gasteiger charge is 2.19. The number of carbonyl (C=O) groups excluding carboxylic acids is 1. The maximum atomic E-state index is 12.1. The van der Waals surface area contributed by atoms with Crippen molar-refractivity contribution in [3.05, 3.63) is 30.2 Å². The van der Waals surface area contributed by atoms with Crippen LogP contribution in [0.5, 0.6) is 0 Å². The van der Waals surface area contributed by atoms with E-state index in [0.29, 0.717) is 19.0 Å². The Labute approximate surface area is 172 Å². The van der Waals surface area contributed by atoms with Crippen LogP contribution in [0.3, 0.4) is 0 Å². The molecule has 160 valence electrons. The van der Waals surface area contributed by atoms with Crippen molar-refractivity contribution in [3.63, 3.8) is 0 Å². The summed E-state index contributed by atoms with van der Waals surface area (Å²) in [4.78, 5) is 16.7. The Morgan fingerprint density at radius 1 is 1.24 bits per heavy atom. The van der Waals surface area contributed by atoms with E-state index in [-0.39, 0.29) is 6.04 Å². The quantitative estimate of drug-likeness (QED) is 0.462. The second-order valence-corrected chi connectivity index (χ2v) is 7.75. The number of aromatic nitrogens is 3. The van der Waals surface area contributed by atoms with Crippen LogP contribution < -0.4 is 16.0 Å². The van der Waals surface area contributed by atoms with Gasteiger partial charge in [-0.3, -0.25) is 4.40 Å². The normalized spacial score (nSPS) is 13.2. The molecule has 0 aromatic carbocycles. The summed E-state index contributed by atoms with van der Waals surface area (Å²) in [6, 6.07) is 5.70. The maximum Gasteiger partial charge on any atom is 0.407 e. The number of carbonyl (C=O) groups is 1. The lowest BCUT2D eigenvalue weighted by Gasteiger charge is -2.24. The van der Waals surface area contributed by atoms with Gasteiger partial charge in [-0.05, 0) is 46.2 Å². The molecule has 0 saturated heterocycles.